The van der Waals surface area contributed by atoms with Gasteiger partial charge in [0, 0.05) is 18.8 Å². The maximum atomic E-state index is 14.6. The number of benzene rings is 1. The Bertz CT molecular complexity index is 778. The Morgan fingerprint density at radius 1 is 1.22 bits per heavy atom. The van der Waals surface area contributed by atoms with E-state index in [-0.39, 0.29) is 30.3 Å². The molecule has 0 aliphatic heterocycles. The smallest absolute Gasteiger partial charge is 0.306 e. The van der Waals surface area contributed by atoms with Gasteiger partial charge >= 0.3 is 5.97 Å². The topological polar surface area (TPSA) is 66.8 Å². The molecule has 1 aromatic rings. The number of esters is 1. The van der Waals surface area contributed by atoms with Crippen LogP contribution in [0.15, 0.2) is 48.6 Å². The number of allylic oxidation sites excluding steroid dienone is 3. The molecule has 32 heavy (non-hydrogen) atoms. The van der Waals surface area contributed by atoms with Crippen LogP contribution >= 0.6 is 0 Å². The summed E-state index contributed by atoms with van der Waals surface area (Å²) >= 11 is 0. The Balaban J connectivity index is 1.47. The van der Waals surface area contributed by atoms with E-state index in [1.807, 2.05) is 38.1 Å². The van der Waals surface area contributed by atoms with Crippen molar-refractivity contribution >= 4 is 5.97 Å². The third kappa shape index (κ3) is 6.76. The van der Waals surface area contributed by atoms with Crippen LogP contribution in [-0.2, 0) is 22.4 Å². The molecule has 2 aliphatic rings. The van der Waals surface area contributed by atoms with Crippen LogP contribution in [0.5, 0.6) is 0 Å². The predicted octanol–water partition coefficient (Wildman–Crippen LogP) is 4.72. The van der Waals surface area contributed by atoms with Gasteiger partial charge in [0.2, 0.25) is 0 Å². The van der Waals surface area contributed by atoms with Crippen LogP contribution in [0.4, 0.5) is 4.39 Å². The monoisotopic (exact) mass is 444 g/mol. The maximum absolute atomic E-state index is 14.6. The van der Waals surface area contributed by atoms with Crippen LogP contribution < -0.4 is 0 Å². The van der Waals surface area contributed by atoms with Gasteiger partial charge in [-0.3, -0.25) is 4.79 Å². The lowest BCUT2D eigenvalue weighted by atomic mass is 9.89. The van der Waals surface area contributed by atoms with Crippen molar-refractivity contribution in [1.29, 1.82) is 0 Å². The highest BCUT2D eigenvalue weighted by molar-refractivity contribution is 5.69. The number of halogens is 1. The van der Waals surface area contributed by atoms with Gasteiger partial charge in [-0.1, -0.05) is 48.6 Å². The Labute approximate surface area is 191 Å². The van der Waals surface area contributed by atoms with Crippen LogP contribution in [0, 0.1) is 17.8 Å². The number of hydrogen-bond donors (Lipinski definition) is 2. The van der Waals surface area contributed by atoms with Gasteiger partial charge < -0.3 is 14.9 Å². The van der Waals surface area contributed by atoms with Crippen LogP contribution in [0.2, 0.25) is 0 Å². The van der Waals surface area contributed by atoms with E-state index < -0.39 is 24.3 Å². The first-order valence-electron chi connectivity index (χ1n) is 11.9. The molecule has 0 saturated heterocycles. The van der Waals surface area contributed by atoms with Crippen molar-refractivity contribution < 1.29 is 24.1 Å². The Hall–Kier alpha value is -1.98. The molecule has 0 spiro atoms. The van der Waals surface area contributed by atoms with Gasteiger partial charge in [0.25, 0.3) is 0 Å². The molecule has 1 fully saturated rings. The minimum atomic E-state index is -1.10. The summed E-state index contributed by atoms with van der Waals surface area (Å²) in [6, 6.07) is 8.25. The van der Waals surface area contributed by atoms with E-state index in [2.05, 4.69) is 12.1 Å². The maximum Gasteiger partial charge on any atom is 0.306 e. The van der Waals surface area contributed by atoms with Crippen LogP contribution in [-0.4, -0.2) is 40.7 Å². The number of alkyl halides is 1. The number of rotatable bonds is 10. The Morgan fingerprint density at radius 2 is 1.91 bits per heavy atom. The minimum Gasteiger partial charge on any atom is -0.463 e. The van der Waals surface area contributed by atoms with Crippen molar-refractivity contribution in [3.05, 3.63) is 59.7 Å². The molecule has 5 heteroatoms. The molecule has 176 valence electrons. The minimum absolute atomic E-state index is 0.0944. The number of carbonyl (C=O) groups excluding carboxylic acids is 1. The molecule has 4 nitrogen and oxygen atoms in total. The number of hydrogen-bond acceptors (Lipinski definition) is 4. The summed E-state index contributed by atoms with van der Waals surface area (Å²) in [5.41, 5.74) is 2.56. The van der Waals surface area contributed by atoms with Crippen molar-refractivity contribution in [2.45, 2.75) is 83.3 Å². The first-order valence-corrected chi connectivity index (χ1v) is 11.9. The second-order valence-corrected chi connectivity index (χ2v) is 9.51. The van der Waals surface area contributed by atoms with Crippen molar-refractivity contribution in [2.75, 3.05) is 0 Å². The fraction of sp³-hybridized carbons (Fsp3) is 0.593. The SMILES string of the molecule is CC(C)OC(=O)CCCC=CCC1C(C=C[C@H](O)C2Cc3ccccc3C2)[C@@H](F)C[C@@H]1O. The molecular weight excluding hydrogens is 407 g/mol. The molecule has 1 aromatic carbocycles. The van der Waals surface area contributed by atoms with Crippen molar-refractivity contribution in [1.82, 2.24) is 0 Å². The second-order valence-electron chi connectivity index (χ2n) is 9.51. The van der Waals surface area contributed by atoms with E-state index in [1.165, 1.54) is 11.1 Å². The molecule has 1 saturated carbocycles. The molecule has 0 bridgehead atoms. The molecular formula is C27H37FO4. The summed E-state index contributed by atoms with van der Waals surface area (Å²) in [6.45, 7) is 3.67. The molecule has 5 atom stereocenters. The normalized spacial score (nSPS) is 26.9. The molecule has 0 heterocycles. The van der Waals surface area contributed by atoms with E-state index in [1.54, 1.807) is 12.2 Å². The first kappa shape index (κ1) is 24.7. The number of fused-ring (bicyclic) bond motifs is 1. The van der Waals surface area contributed by atoms with Gasteiger partial charge in [-0.2, -0.15) is 0 Å². The van der Waals surface area contributed by atoms with Gasteiger partial charge in [0.05, 0.1) is 18.3 Å². The van der Waals surface area contributed by atoms with Crippen LogP contribution in [0.25, 0.3) is 0 Å². The van der Waals surface area contributed by atoms with Crippen molar-refractivity contribution in [3.63, 3.8) is 0 Å². The summed E-state index contributed by atoms with van der Waals surface area (Å²) in [5.74, 6) is -0.659. The third-order valence-electron chi connectivity index (χ3n) is 6.66. The van der Waals surface area contributed by atoms with Gasteiger partial charge in [-0.05, 0) is 68.9 Å². The lowest BCUT2D eigenvalue weighted by molar-refractivity contribution is -0.147. The van der Waals surface area contributed by atoms with Crippen molar-refractivity contribution in [3.8, 4) is 0 Å². The molecule has 2 unspecified atom stereocenters. The predicted molar refractivity (Wildman–Crippen MR) is 124 cm³/mol. The number of ether oxygens (including phenoxy) is 1. The van der Waals surface area contributed by atoms with Crippen LogP contribution in [0.3, 0.4) is 0 Å². The second kappa shape index (κ2) is 11.8. The van der Waals surface area contributed by atoms with Crippen molar-refractivity contribution in [2.24, 2.45) is 17.8 Å². The summed E-state index contributed by atoms with van der Waals surface area (Å²) in [5, 5.41) is 21.0. The molecule has 0 aromatic heterocycles. The fourth-order valence-electron chi connectivity index (χ4n) is 4.96. The molecule has 0 amide bonds. The third-order valence-corrected chi connectivity index (χ3v) is 6.66. The van der Waals surface area contributed by atoms with E-state index in [4.69, 9.17) is 4.74 Å². The zero-order chi connectivity index (χ0) is 23.1. The summed E-state index contributed by atoms with van der Waals surface area (Å²) in [7, 11) is 0. The number of carbonyl (C=O) groups is 1. The number of aliphatic hydroxyl groups is 2. The first-order chi connectivity index (χ1) is 15.3. The zero-order valence-electron chi connectivity index (χ0n) is 19.2. The Morgan fingerprint density at radius 3 is 2.56 bits per heavy atom. The number of aliphatic hydroxyl groups excluding tert-OH is 2. The Kier molecular flexibility index (Phi) is 9.06. The highest BCUT2D eigenvalue weighted by Gasteiger charge is 2.40. The molecule has 2 aliphatic carbocycles. The number of unbranched alkanes of at least 4 members (excludes halogenated alkanes) is 1. The van der Waals surface area contributed by atoms with Crippen LogP contribution in [0.1, 0.15) is 57.1 Å². The molecule has 3 rings (SSSR count). The average Bonchev–Trinajstić information content (AvgIpc) is 3.29. The average molecular weight is 445 g/mol. The van der Waals surface area contributed by atoms with Gasteiger partial charge in [-0.15, -0.1) is 0 Å². The highest BCUT2D eigenvalue weighted by Crippen LogP contribution is 2.38. The van der Waals surface area contributed by atoms with Gasteiger partial charge in [-0.25, -0.2) is 4.39 Å². The molecule has 0 radical (unpaired) electrons. The summed E-state index contributed by atoms with van der Waals surface area (Å²) in [6.07, 6.45) is 9.24. The van der Waals surface area contributed by atoms with Gasteiger partial charge in [0.15, 0.2) is 0 Å². The zero-order valence-corrected chi connectivity index (χ0v) is 19.2. The molecule has 2 N–H and O–H groups in total. The standard InChI is InChI=1S/C27H37FO4/c1-18(2)32-27(31)12-6-4-3-5-11-23-22(24(28)17-26(23)30)13-14-25(29)21-15-19-9-7-8-10-20(19)16-21/h3,5,7-10,13-14,18,21-26,29-30H,4,6,11-12,15-17H2,1-2H3/t22?,23?,24-,25-,26-/m0/s1. The van der Waals surface area contributed by atoms with Gasteiger partial charge in [0.1, 0.15) is 6.17 Å². The lowest BCUT2D eigenvalue weighted by Crippen LogP contribution is -2.21. The summed E-state index contributed by atoms with van der Waals surface area (Å²) in [4.78, 5) is 11.6. The van der Waals surface area contributed by atoms with E-state index >= 15 is 0 Å². The fourth-order valence-corrected chi connectivity index (χ4v) is 4.96. The lowest BCUT2D eigenvalue weighted by Gasteiger charge is -2.20. The quantitative estimate of drug-likeness (QED) is 0.311. The highest BCUT2D eigenvalue weighted by atomic mass is 19.1. The largest absolute Gasteiger partial charge is 0.463 e. The summed E-state index contributed by atoms with van der Waals surface area (Å²) < 4.78 is 19.7. The van der Waals surface area contributed by atoms with E-state index in [9.17, 15) is 19.4 Å². The van der Waals surface area contributed by atoms with E-state index in [0.29, 0.717) is 19.3 Å². The van der Waals surface area contributed by atoms with E-state index in [0.717, 1.165) is 19.3 Å².